The van der Waals surface area contributed by atoms with E-state index in [4.69, 9.17) is 16.6 Å². The maximum Gasteiger partial charge on any atom is 0.271 e. The highest BCUT2D eigenvalue weighted by atomic mass is 35.5. The molecule has 2 aromatic heterocycles. The molecule has 5 aromatic rings. The summed E-state index contributed by atoms with van der Waals surface area (Å²) in [6.07, 6.45) is 1.95. The molecule has 39 heavy (non-hydrogen) atoms. The molecule has 3 heterocycles. The number of rotatable bonds is 4. The summed E-state index contributed by atoms with van der Waals surface area (Å²) in [7, 11) is 2.03. The number of para-hydroxylation sites is 2. The first-order chi connectivity index (χ1) is 18.8. The summed E-state index contributed by atoms with van der Waals surface area (Å²) in [5, 5.41) is 4.63. The minimum Gasteiger partial charge on any atom is -0.347 e. The Balaban J connectivity index is 1.55. The van der Waals surface area contributed by atoms with Crippen molar-refractivity contribution in [3.05, 3.63) is 132 Å². The molecule has 0 radical (unpaired) electrons. The quantitative estimate of drug-likeness (QED) is 0.327. The number of halogens is 1. The van der Waals surface area contributed by atoms with Crippen molar-refractivity contribution in [2.45, 2.75) is 19.9 Å². The second-order valence-electron chi connectivity index (χ2n) is 9.53. The molecule has 1 aliphatic heterocycles. The molecule has 6 rings (SSSR count). The largest absolute Gasteiger partial charge is 0.347 e. The molecular weight excluding hydrogens is 528 g/mol. The van der Waals surface area contributed by atoms with Gasteiger partial charge in [-0.3, -0.25) is 14.2 Å². The highest BCUT2D eigenvalue weighted by Crippen LogP contribution is 2.31. The van der Waals surface area contributed by atoms with Gasteiger partial charge in [-0.05, 0) is 55.8 Å². The van der Waals surface area contributed by atoms with Gasteiger partial charge >= 0.3 is 0 Å². The van der Waals surface area contributed by atoms with Crippen molar-refractivity contribution in [3.8, 4) is 0 Å². The molecule has 1 atom stereocenters. The number of allylic oxidation sites excluding steroid dienone is 1. The lowest BCUT2D eigenvalue weighted by Crippen LogP contribution is -2.40. The first-order valence-corrected chi connectivity index (χ1v) is 13.7. The van der Waals surface area contributed by atoms with Gasteiger partial charge in [-0.1, -0.05) is 71.5 Å². The third-order valence-electron chi connectivity index (χ3n) is 7.21. The zero-order valence-electron chi connectivity index (χ0n) is 21.6. The Morgan fingerprint density at radius 2 is 1.69 bits per heavy atom. The summed E-state index contributed by atoms with van der Waals surface area (Å²) in [4.78, 5) is 33.0. The van der Waals surface area contributed by atoms with Gasteiger partial charge in [0.05, 0.1) is 21.8 Å². The molecule has 6 nitrogen and oxygen atoms in total. The van der Waals surface area contributed by atoms with Gasteiger partial charge < -0.3 is 9.88 Å². The number of aromatic nitrogens is 2. The summed E-state index contributed by atoms with van der Waals surface area (Å²) in [6.45, 7) is 3.87. The van der Waals surface area contributed by atoms with Crippen LogP contribution in [0.5, 0.6) is 0 Å². The number of nitrogens with one attached hydrogen (secondary N) is 1. The fourth-order valence-corrected chi connectivity index (χ4v) is 6.31. The molecule has 0 bridgehead atoms. The van der Waals surface area contributed by atoms with Crippen molar-refractivity contribution >= 4 is 51.5 Å². The van der Waals surface area contributed by atoms with Gasteiger partial charge in [-0.25, -0.2) is 4.99 Å². The molecule has 194 valence electrons. The Bertz CT molecular complexity index is 1970. The highest BCUT2D eigenvalue weighted by Gasteiger charge is 2.32. The number of aryl methyl sites for hydroxylation is 1. The lowest BCUT2D eigenvalue weighted by Gasteiger charge is -2.25. The number of benzene rings is 3. The summed E-state index contributed by atoms with van der Waals surface area (Å²) >= 11 is 7.53. The average Bonchev–Trinajstić information content (AvgIpc) is 3.37. The van der Waals surface area contributed by atoms with Gasteiger partial charge in [0.1, 0.15) is 0 Å². The average molecular weight is 553 g/mol. The zero-order valence-corrected chi connectivity index (χ0v) is 23.2. The highest BCUT2D eigenvalue weighted by molar-refractivity contribution is 7.07. The van der Waals surface area contributed by atoms with Gasteiger partial charge in [-0.2, -0.15) is 0 Å². The Morgan fingerprint density at radius 3 is 2.44 bits per heavy atom. The minimum atomic E-state index is -0.655. The number of hydrogen-bond donors (Lipinski definition) is 1. The van der Waals surface area contributed by atoms with E-state index in [9.17, 15) is 9.59 Å². The number of anilines is 1. The van der Waals surface area contributed by atoms with E-state index < -0.39 is 6.04 Å². The summed E-state index contributed by atoms with van der Waals surface area (Å²) < 4.78 is 4.32. The predicted octanol–water partition coefficient (Wildman–Crippen LogP) is 5.33. The molecule has 0 saturated heterocycles. The normalized spacial score (nSPS) is 15.4. The van der Waals surface area contributed by atoms with Crippen LogP contribution in [0.3, 0.4) is 0 Å². The van der Waals surface area contributed by atoms with Crippen LogP contribution in [0.2, 0.25) is 5.02 Å². The SMILES string of the molecule is CC1=C(C(=O)Nc2ccccc2)[C@H](c2ccc(Cl)cc2)n2c(s/c(=C\c3c(C)n(C)c4ccccc34)c2=O)=N1. The standard InChI is InChI=1S/C31H25ClN4O2S/c1-18-27(29(37)34-22-9-5-4-6-10-22)28(20-13-15-21(32)16-14-20)36-30(38)26(39-31(36)33-18)17-24-19(2)35(3)25-12-8-7-11-23(24)25/h4-17,28H,1-3H3,(H,34,37)/b26-17-/t28-/m0/s1. The predicted molar refractivity (Wildman–Crippen MR) is 158 cm³/mol. The van der Waals surface area contributed by atoms with Crippen molar-refractivity contribution in [1.29, 1.82) is 0 Å². The number of hydrogen-bond acceptors (Lipinski definition) is 4. The van der Waals surface area contributed by atoms with Crippen LogP contribution in [0.25, 0.3) is 17.0 Å². The molecule has 0 fully saturated rings. The van der Waals surface area contributed by atoms with Gasteiger partial charge in [0, 0.05) is 39.9 Å². The number of carbonyl (C=O) groups is 1. The van der Waals surface area contributed by atoms with E-state index in [-0.39, 0.29) is 11.5 Å². The van der Waals surface area contributed by atoms with Gasteiger partial charge in [-0.15, -0.1) is 0 Å². The molecule has 0 aliphatic carbocycles. The van der Waals surface area contributed by atoms with Crippen LogP contribution < -0.4 is 20.2 Å². The van der Waals surface area contributed by atoms with Crippen LogP contribution in [0, 0.1) is 6.92 Å². The maximum atomic E-state index is 14.1. The zero-order chi connectivity index (χ0) is 27.3. The lowest BCUT2D eigenvalue weighted by atomic mass is 9.95. The Hall–Kier alpha value is -4.20. The van der Waals surface area contributed by atoms with Gasteiger partial charge in [0.15, 0.2) is 4.80 Å². The Morgan fingerprint density at radius 1 is 1.00 bits per heavy atom. The van der Waals surface area contributed by atoms with Crippen molar-refractivity contribution in [2.75, 3.05) is 5.32 Å². The summed E-state index contributed by atoms with van der Waals surface area (Å²) in [5.41, 5.74) is 5.41. The third-order valence-corrected chi connectivity index (χ3v) is 8.44. The van der Waals surface area contributed by atoms with E-state index in [1.54, 1.807) is 16.7 Å². The van der Waals surface area contributed by atoms with Crippen LogP contribution in [0.1, 0.15) is 29.8 Å². The minimum absolute atomic E-state index is 0.191. The molecule has 8 heteroatoms. The smallest absolute Gasteiger partial charge is 0.271 e. The van der Waals surface area contributed by atoms with Crippen molar-refractivity contribution < 1.29 is 4.79 Å². The summed E-state index contributed by atoms with van der Waals surface area (Å²) in [6, 6.07) is 24.0. The molecule has 0 saturated carbocycles. The van der Waals surface area contributed by atoms with Crippen molar-refractivity contribution in [3.63, 3.8) is 0 Å². The third kappa shape index (κ3) is 4.33. The lowest BCUT2D eigenvalue weighted by molar-refractivity contribution is -0.113. The van der Waals surface area contributed by atoms with Crippen LogP contribution >= 0.6 is 22.9 Å². The Kier molecular flexibility index (Phi) is 6.33. The summed E-state index contributed by atoms with van der Waals surface area (Å²) in [5.74, 6) is -0.304. The molecule has 1 N–H and O–H groups in total. The van der Waals surface area contributed by atoms with Gasteiger partial charge in [0.25, 0.3) is 11.5 Å². The van der Waals surface area contributed by atoms with E-state index in [2.05, 4.69) is 28.9 Å². The molecule has 1 aliphatic rings. The van der Waals surface area contributed by atoms with E-state index in [0.29, 0.717) is 31.3 Å². The first-order valence-electron chi connectivity index (χ1n) is 12.5. The van der Waals surface area contributed by atoms with E-state index in [1.165, 1.54) is 11.3 Å². The number of nitrogens with zero attached hydrogens (tertiary/aromatic N) is 3. The van der Waals surface area contributed by atoms with Crippen molar-refractivity contribution in [1.82, 2.24) is 9.13 Å². The van der Waals surface area contributed by atoms with Crippen LogP contribution in [-0.4, -0.2) is 15.0 Å². The van der Waals surface area contributed by atoms with Crippen molar-refractivity contribution in [2.24, 2.45) is 12.0 Å². The van der Waals surface area contributed by atoms with E-state index >= 15 is 0 Å². The van der Waals surface area contributed by atoms with E-state index in [1.807, 2.05) is 74.6 Å². The molecule has 0 unspecified atom stereocenters. The number of carbonyl (C=O) groups excluding carboxylic acids is 1. The second kappa shape index (κ2) is 9.84. The molecule has 3 aromatic carbocycles. The maximum absolute atomic E-state index is 14.1. The number of thiazole rings is 1. The van der Waals surface area contributed by atoms with Crippen LogP contribution in [0.15, 0.2) is 99.9 Å². The van der Waals surface area contributed by atoms with Crippen LogP contribution in [-0.2, 0) is 11.8 Å². The second-order valence-corrected chi connectivity index (χ2v) is 11.0. The molecule has 1 amide bonds. The topological polar surface area (TPSA) is 68.4 Å². The number of amides is 1. The fourth-order valence-electron chi connectivity index (χ4n) is 5.16. The molecular formula is C31H25ClN4O2S. The van der Waals surface area contributed by atoms with Gasteiger partial charge in [0.2, 0.25) is 0 Å². The number of fused-ring (bicyclic) bond motifs is 2. The van der Waals surface area contributed by atoms with Crippen LogP contribution in [0.4, 0.5) is 5.69 Å². The van der Waals surface area contributed by atoms with E-state index in [0.717, 1.165) is 27.7 Å². The molecule has 0 spiro atoms. The monoisotopic (exact) mass is 552 g/mol. The Labute approximate surface area is 233 Å². The first kappa shape index (κ1) is 25.1. The fraction of sp³-hybridized carbons (Fsp3) is 0.129.